The van der Waals surface area contributed by atoms with E-state index < -0.39 is 0 Å². The van der Waals surface area contributed by atoms with E-state index in [9.17, 15) is 0 Å². The van der Waals surface area contributed by atoms with Crippen LogP contribution in [0.4, 0.5) is 0 Å². The molecule has 0 aromatic heterocycles. The molecule has 0 radical (unpaired) electrons. The van der Waals surface area contributed by atoms with Gasteiger partial charge in [0.05, 0.1) is 13.2 Å². The first kappa shape index (κ1) is 23.3. The van der Waals surface area contributed by atoms with Gasteiger partial charge in [-0.1, -0.05) is 23.7 Å². The number of hydrogen-bond donors (Lipinski definition) is 0. The van der Waals surface area contributed by atoms with Crippen LogP contribution in [0.2, 0.25) is 5.02 Å². The first-order valence-corrected chi connectivity index (χ1v) is 4.84. The van der Waals surface area contributed by atoms with Crippen molar-refractivity contribution >= 4 is 11.6 Å². The van der Waals surface area contributed by atoms with E-state index in [-0.39, 0.29) is 23.7 Å². The van der Waals surface area contributed by atoms with Crippen LogP contribution in [0.15, 0.2) is 24.3 Å². The van der Waals surface area contributed by atoms with E-state index in [1.165, 1.54) is 0 Å². The molecule has 0 spiro atoms. The minimum atomic E-state index is -0.192. The Balaban J connectivity index is -0.000000325. The summed E-state index contributed by atoms with van der Waals surface area (Å²) in [5, 5.41) is 0.733. The van der Waals surface area contributed by atoms with Gasteiger partial charge in [-0.05, 0) is 12.1 Å². The molecule has 1 aromatic rings. The van der Waals surface area contributed by atoms with Crippen molar-refractivity contribution in [2.45, 2.75) is 6.29 Å². The Hall–Kier alpha value is -0.818. The molecule has 0 unspecified atom stereocenters. The predicted molar refractivity (Wildman–Crippen MR) is 57.9 cm³/mol. The van der Waals surface area contributed by atoms with Crippen LogP contribution in [-0.4, -0.2) is 13.2 Å². The van der Waals surface area contributed by atoms with Crippen molar-refractivity contribution in [1.29, 1.82) is 0 Å². The number of benzene rings is 1. The van der Waals surface area contributed by atoms with Gasteiger partial charge in [-0.15, -0.1) is 0 Å². The molecule has 1 aromatic carbocycles. The Labute approximate surface area is 127 Å². The monoisotopic (exact) mass is 320 g/mol. The van der Waals surface area contributed by atoms with Gasteiger partial charge >= 0.3 is 33.9 Å². The molecule has 1 fully saturated rings. The van der Waals surface area contributed by atoms with Gasteiger partial charge in [-0.3, -0.25) is 0 Å². The van der Waals surface area contributed by atoms with Crippen LogP contribution in [0.3, 0.4) is 0 Å². The SMILES string of the molecule is Clc1ccc(C2OCCO2)cc1.[C-]#[O+].[C-]#[O+].[C-]#[O+].[Cr]. The van der Waals surface area contributed by atoms with Gasteiger partial charge in [0.1, 0.15) is 0 Å². The molecule has 7 heteroatoms. The van der Waals surface area contributed by atoms with E-state index in [1.807, 2.05) is 24.3 Å². The molecular formula is C12H9ClCrO5. The Morgan fingerprint density at radius 1 is 0.895 bits per heavy atom. The standard InChI is InChI=1S/C9H9ClO2.3CO.Cr/c10-8-3-1-7(2-4-8)9-11-5-6-12-9;3*1-2;/h1-4,9H,5-6H2;;;;. The molecule has 0 saturated carbocycles. The molecule has 19 heavy (non-hydrogen) atoms. The molecule has 0 N–H and O–H groups in total. The van der Waals surface area contributed by atoms with E-state index in [0.717, 1.165) is 10.6 Å². The summed E-state index contributed by atoms with van der Waals surface area (Å²) < 4.78 is 33.1. The van der Waals surface area contributed by atoms with Crippen molar-refractivity contribution in [3.63, 3.8) is 0 Å². The zero-order valence-corrected chi connectivity index (χ0v) is 11.7. The third kappa shape index (κ3) is 9.72. The summed E-state index contributed by atoms with van der Waals surface area (Å²) in [7, 11) is 0. The zero-order chi connectivity index (χ0) is 14.4. The summed E-state index contributed by atoms with van der Waals surface area (Å²) in [6.45, 7) is 14.8. The number of ether oxygens (including phenoxy) is 2. The largest absolute Gasteiger partial charge is 0 e. The maximum atomic E-state index is 7.50. The summed E-state index contributed by atoms with van der Waals surface area (Å²) in [5.41, 5.74) is 1.02. The van der Waals surface area contributed by atoms with Gasteiger partial charge in [0.25, 0.3) is 0 Å². The van der Waals surface area contributed by atoms with Gasteiger partial charge in [0.2, 0.25) is 0 Å². The molecule has 0 amide bonds. The number of rotatable bonds is 1. The maximum absolute atomic E-state index is 7.50. The normalized spacial score (nSPS) is 11.9. The topological polar surface area (TPSA) is 78.2 Å². The molecule has 0 aliphatic carbocycles. The summed E-state index contributed by atoms with van der Waals surface area (Å²) in [4.78, 5) is 0. The maximum Gasteiger partial charge on any atom is 0 e. The summed E-state index contributed by atoms with van der Waals surface area (Å²) in [6.07, 6.45) is -0.192. The fourth-order valence-electron chi connectivity index (χ4n) is 1.17. The fourth-order valence-corrected chi connectivity index (χ4v) is 1.30. The summed E-state index contributed by atoms with van der Waals surface area (Å²) in [5.74, 6) is 0. The number of halogens is 1. The van der Waals surface area contributed by atoms with Crippen molar-refractivity contribution < 1.29 is 40.8 Å². The third-order valence-corrected chi connectivity index (χ3v) is 2.02. The Kier molecular flexibility index (Phi) is 21.1. The number of hydrogen-bond acceptors (Lipinski definition) is 2. The molecule has 1 heterocycles. The zero-order valence-electron chi connectivity index (χ0n) is 9.63. The van der Waals surface area contributed by atoms with Crippen LogP contribution in [-0.2, 0) is 40.8 Å². The Bertz CT molecular complexity index is 354. The molecule has 5 nitrogen and oxygen atoms in total. The summed E-state index contributed by atoms with van der Waals surface area (Å²) in [6, 6.07) is 7.50. The smallest absolute Gasteiger partial charge is 0 e. The summed E-state index contributed by atoms with van der Waals surface area (Å²) >= 11 is 5.74. The van der Waals surface area contributed by atoms with Crippen LogP contribution >= 0.6 is 11.6 Å². The van der Waals surface area contributed by atoms with Gasteiger partial charge < -0.3 is 9.47 Å². The first-order chi connectivity index (χ1) is 8.86. The van der Waals surface area contributed by atoms with Crippen LogP contribution in [0.25, 0.3) is 0 Å². The van der Waals surface area contributed by atoms with E-state index in [2.05, 4.69) is 20.0 Å². The average molecular weight is 321 g/mol. The minimum Gasteiger partial charge on any atom is 0 e. The van der Waals surface area contributed by atoms with Crippen LogP contribution in [0, 0.1) is 20.0 Å². The van der Waals surface area contributed by atoms with Gasteiger partial charge in [0, 0.05) is 27.9 Å². The molecule has 0 bridgehead atoms. The predicted octanol–water partition coefficient (Wildman–Crippen LogP) is 2.27. The van der Waals surface area contributed by atoms with E-state index >= 15 is 0 Å². The second kappa shape index (κ2) is 17.2. The second-order valence-corrected chi connectivity index (χ2v) is 3.06. The van der Waals surface area contributed by atoms with E-state index in [4.69, 9.17) is 35.0 Å². The quantitative estimate of drug-likeness (QED) is 0.588. The molecular weight excluding hydrogens is 312 g/mol. The first-order valence-electron chi connectivity index (χ1n) is 4.46. The second-order valence-electron chi connectivity index (χ2n) is 2.63. The van der Waals surface area contributed by atoms with Crippen molar-refractivity contribution in [3.05, 3.63) is 54.8 Å². The molecule has 1 saturated heterocycles. The Morgan fingerprint density at radius 3 is 1.63 bits per heavy atom. The van der Waals surface area contributed by atoms with E-state index in [0.29, 0.717) is 13.2 Å². The van der Waals surface area contributed by atoms with Crippen molar-refractivity contribution in [2.24, 2.45) is 0 Å². The molecule has 1 aliphatic heterocycles. The molecule has 2 rings (SSSR count). The minimum absolute atomic E-state index is 0. The molecule has 100 valence electrons. The van der Waals surface area contributed by atoms with Crippen molar-refractivity contribution in [3.8, 4) is 0 Å². The van der Waals surface area contributed by atoms with Gasteiger partial charge in [-0.2, -0.15) is 0 Å². The molecule has 1 aliphatic rings. The van der Waals surface area contributed by atoms with Crippen molar-refractivity contribution in [2.75, 3.05) is 13.2 Å². The molecule has 0 atom stereocenters. The third-order valence-electron chi connectivity index (χ3n) is 1.76. The fraction of sp³-hybridized carbons (Fsp3) is 0.250. The Morgan fingerprint density at radius 2 is 1.26 bits per heavy atom. The average Bonchev–Trinajstić information content (AvgIpc) is 3.00. The van der Waals surface area contributed by atoms with Gasteiger partial charge in [-0.25, -0.2) is 0 Å². The van der Waals surface area contributed by atoms with Crippen LogP contribution < -0.4 is 0 Å². The van der Waals surface area contributed by atoms with Crippen molar-refractivity contribution in [1.82, 2.24) is 0 Å². The van der Waals surface area contributed by atoms with E-state index in [1.54, 1.807) is 0 Å². The van der Waals surface area contributed by atoms with Gasteiger partial charge in [0.15, 0.2) is 6.29 Å². The van der Waals surface area contributed by atoms with Crippen LogP contribution in [0.5, 0.6) is 0 Å². The van der Waals surface area contributed by atoms with Crippen LogP contribution in [0.1, 0.15) is 11.9 Å².